The smallest absolute Gasteiger partial charge is 0.155 e. The molecule has 0 unspecified atom stereocenters. The Kier molecular flexibility index (Phi) is 3.24. The molecule has 66 valence electrons. The Labute approximate surface area is 93.7 Å². The van der Waals surface area contributed by atoms with Crippen LogP contribution in [0.5, 0.6) is 5.75 Å². The zero-order valence-corrected chi connectivity index (χ0v) is 9.12. The summed E-state index contributed by atoms with van der Waals surface area (Å²) in [6.07, 6.45) is 0. The van der Waals surface area contributed by atoms with Gasteiger partial charge in [-0.3, -0.25) is 0 Å². The van der Waals surface area contributed by atoms with Gasteiger partial charge in [0.05, 0.1) is 15.1 Å². The Hall–Kier alpha value is 0.470. The Bertz CT molecular complexity index is 230. The van der Waals surface area contributed by atoms with E-state index in [0.717, 1.165) is 0 Å². The highest BCUT2D eigenvalue weighted by Crippen LogP contribution is 2.47. The van der Waals surface area contributed by atoms with Crippen LogP contribution in [0.1, 0.15) is 0 Å². The normalized spacial score (nSPS) is 10.4. The summed E-state index contributed by atoms with van der Waals surface area (Å²) in [5.74, 6) is -0.363. The minimum absolute atomic E-state index is 0.00904. The van der Waals surface area contributed by atoms with Gasteiger partial charge in [0.1, 0.15) is 10.0 Å². The number of aromatic hydroxyl groups is 1. The summed E-state index contributed by atoms with van der Waals surface area (Å²) >= 11 is 27.9. The van der Waals surface area contributed by atoms with E-state index >= 15 is 0 Å². The van der Waals surface area contributed by atoms with Crippen molar-refractivity contribution in [1.29, 1.82) is 0 Å². The second-order valence-electron chi connectivity index (χ2n) is 1.92. The molecule has 0 radical (unpaired) electrons. The molecular weight excluding hydrogens is 271 g/mol. The molecule has 1 aromatic rings. The Morgan fingerprint density at radius 1 is 0.583 bits per heavy atom. The fourth-order valence-corrected chi connectivity index (χ4v) is 1.72. The molecule has 0 aliphatic heterocycles. The van der Waals surface area contributed by atoms with Gasteiger partial charge in [0.15, 0.2) is 5.75 Å². The zero-order chi connectivity index (χ0) is 9.46. The Morgan fingerprint density at radius 3 is 1.17 bits per heavy atom. The van der Waals surface area contributed by atoms with E-state index in [1.54, 1.807) is 0 Å². The van der Waals surface area contributed by atoms with E-state index < -0.39 is 0 Å². The van der Waals surface area contributed by atoms with E-state index in [4.69, 9.17) is 58.0 Å². The maximum Gasteiger partial charge on any atom is 0.155 e. The van der Waals surface area contributed by atoms with Crippen LogP contribution in [0.25, 0.3) is 0 Å². The van der Waals surface area contributed by atoms with Gasteiger partial charge in [0.2, 0.25) is 0 Å². The second-order valence-corrected chi connectivity index (χ2v) is 3.81. The highest BCUT2D eigenvalue weighted by molar-refractivity contribution is 6.55. The lowest BCUT2D eigenvalue weighted by Crippen LogP contribution is -1.78. The molecule has 0 aromatic heterocycles. The first-order valence-electron chi connectivity index (χ1n) is 2.67. The van der Waals surface area contributed by atoms with Crippen molar-refractivity contribution in [2.45, 2.75) is 0 Å². The molecule has 0 fully saturated rings. The summed E-state index contributed by atoms with van der Waals surface area (Å²) in [5.41, 5.74) is 0. The highest BCUT2D eigenvalue weighted by Gasteiger charge is 2.17. The van der Waals surface area contributed by atoms with Gasteiger partial charge in [-0.05, 0) is 0 Å². The van der Waals surface area contributed by atoms with E-state index in [1.165, 1.54) is 0 Å². The first kappa shape index (κ1) is 10.6. The van der Waals surface area contributed by atoms with Crippen LogP contribution in [0.4, 0.5) is 0 Å². The van der Waals surface area contributed by atoms with Gasteiger partial charge in [-0.15, -0.1) is 0 Å². The molecule has 0 aliphatic rings. The van der Waals surface area contributed by atoms with E-state index in [2.05, 4.69) is 0 Å². The lowest BCUT2D eigenvalue weighted by molar-refractivity contribution is 0.476. The van der Waals surface area contributed by atoms with Crippen LogP contribution < -0.4 is 0 Å². The number of benzene rings is 1. The number of hydrogen-bond donors (Lipinski definition) is 1. The molecule has 1 N–H and O–H groups in total. The van der Waals surface area contributed by atoms with Gasteiger partial charge in [0.25, 0.3) is 0 Å². The molecule has 0 heterocycles. The SMILES string of the molecule is O[13c]1[13c](Cl)[13c](Cl)[13c](Cl)[13c](Cl)[13c]1Cl. The summed E-state index contributed by atoms with van der Waals surface area (Å²) in [6.45, 7) is 0. The van der Waals surface area contributed by atoms with Gasteiger partial charge >= 0.3 is 0 Å². The number of phenolic OH excluding ortho intramolecular Hbond substituents is 1. The van der Waals surface area contributed by atoms with Crippen LogP contribution in [0, 0.1) is 0 Å². The van der Waals surface area contributed by atoms with E-state index in [-0.39, 0.29) is 30.9 Å². The minimum atomic E-state index is -0.363. The van der Waals surface area contributed by atoms with Gasteiger partial charge in [0, 0.05) is 0 Å². The fourth-order valence-electron chi connectivity index (χ4n) is 0.593. The van der Waals surface area contributed by atoms with Crippen molar-refractivity contribution in [3.05, 3.63) is 25.1 Å². The summed E-state index contributed by atoms with van der Waals surface area (Å²) in [5, 5.41) is 9.01. The summed E-state index contributed by atoms with van der Waals surface area (Å²) in [4.78, 5) is 0. The third kappa shape index (κ3) is 1.57. The third-order valence-corrected chi connectivity index (χ3v) is 3.44. The van der Waals surface area contributed by atoms with Crippen LogP contribution >= 0.6 is 58.0 Å². The van der Waals surface area contributed by atoms with Crippen molar-refractivity contribution < 1.29 is 5.11 Å². The Morgan fingerprint density at radius 2 is 0.833 bits per heavy atom. The van der Waals surface area contributed by atoms with Crippen molar-refractivity contribution in [2.24, 2.45) is 0 Å². The van der Waals surface area contributed by atoms with Gasteiger partial charge < -0.3 is 5.11 Å². The van der Waals surface area contributed by atoms with E-state index in [0.29, 0.717) is 0 Å². The van der Waals surface area contributed by atoms with Crippen molar-refractivity contribution in [3.63, 3.8) is 0 Å². The van der Waals surface area contributed by atoms with Crippen LogP contribution in [0.15, 0.2) is 0 Å². The van der Waals surface area contributed by atoms with Crippen LogP contribution in [-0.2, 0) is 0 Å². The molecule has 0 aliphatic carbocycles. The minimum Gasteiger partial charge on any atom is -0.505 e. The zero-order valence-electron chi connectivity index (χ0n) is 5.34. The van der Waals surface area contributed by atoms with E-state index in [1.807, 2.05) is 0 Å². The summed E-state index contributed by atoms with van der Waals surface area (Å²) < 4.78 is 0. The lowest BCUT2D eigenvalue weighted by atomic mass is 11.3. The lowest BCUT2D eigenvalue weighted by Gasteiger charge is -2.06. The van der Waals surface area contributed by atoms with Crippen molar-refractivity contribution in [3.8, 4) is 5.75 Å². The van der Waals surface area contributed by atoms with Crippen LogP contribution in [0.3, 0.4) is 0 Å². The molecule has 0 bridgehead atoms. The molecule has 0 spiro atoms. The first-order chi connectivity index (χ1) is 5.46. The average molecular weight is 272 g/mol. The summed E-state index contributed by atoms with van der Waals surface area (Å²) in [7, 11) is 0. The van der Waals surface area contributed by atoms with Crippen molar-refractivity contribution >= 4 is 58.0 Å². The van der Waals surface area contributed by atoms with Gasteiger partial charge in [-0.2, -0.15) is 0 Å². The van der Waals surface area contributed by atoms with E-state index in [9.17, 15) is 5.11 Å². The molecule has 1 rings (SSSR count). The molecule has 1 nitrogen and oxygen atoms in total. The monoisotopic (exact) mass is 270 g/mol. The number of halogens is 5. The van der Waals surface area contributed by atoms with Gasteiger partial charge in [-0.25, -0.2) is 0 Å². The Balaban J connectivity index is 3.60. The predicted octanol–water partition coefficient (Wildman–Crippen LogP) is 4.66. The third-order valence-electron chi connectivity index (χ3n) is 1.19. The van der Waals surface area contributed by atoms with Crippen molar-refractivity contribution in [2.75, 3.05) is 0 Å². The molecule has 12 heavy (non-hydrogen) atoms. The van der Waals surface area contributed by atoms with Crippen LogP contribution in [-0.4, -0.2) is 5.11 Å². The summed E-state index contributed by atoms with van der Waals surface area (Å²) in [6, 6.07) is 0. The molecular formula is C6HCl5O. The standard InChI is InChI=1S/C6HCl5O/c7-1-2(8)4(10)6(12)5(11)3(1)9/h12H/i1+1,2+1,3+1,4+1,5+1,6+1. The van der Waals surface area contributed by atoms with Crippen LogP contribution in [0.2, 0.25) is 25.1 Å². The number of hydrogen-bond acceptors (Lipinski definition) is 1. The highest BCUT2D eigenvalue weighted by atomic mass is 35.5. The average Bonchev–Trinajstić information content (AvgIpc) is 2.08. The predicted molar refractivity (Wildman–Crippen MR) is 53.2 cm³/mol. The molecule has 0 saturated heterocycles. The topological polar surface area (TPSA) is 20.2 Å². The molecule has 0 atom stereocenters. The first-order valence-corrected chi connectivity index (χ1v) is 4.56. The number of rotatable bonds is 0. The maximum atomic E-state index is 9.20. The van der Waals surface area contributed by atoms with Crippen molar-refractivity contribution in [1.82, 2.24) is 0 Å². The molecule has 0 amide bonds. The fraction of sp³-hybridized carbons (Fsp3) is 0. The maximum absolute atomic E-state index is 9.20. The molecule has 0 saturated carbocycles. The number of phenols is 1. The van der Waals surface area contributed by atoms with Gasteiger partial charge in [-0.1, -0.05) is 58.0 Å². The largest absolute Gasteiger partial charge is 0.505 e. The molecule has 6 heteroatoms. The quantitative estimate of drug-likeness (QED) is 0.538. The molecule has 1 aromatic carbocycles. The second kappa shape index (κ2) is 3.69.